The van der Waals surface area contributed by atoms with E-state index in [0.29, 0.717) is 6.04 Å². The molecule has 0 saturated carbocycles. The van der Waals surface area contributed by atoms with Crippen molar-refractivity contribution in [3.8, 4) is 0 Å². The Hall–Kier alpha value is -1.99. The average molecular weight is 357 g/mol. The Balaban J connectivity index is 1.37. The molecule has 2 aliphatic rings. The van der Waals surface area contributed by atoms with Crippen LogP contribution in [0.1, 0.15) is 25.7 Å². The topological polar surface area (TPSA) is 63.5 Å². The predicted octanol–water partition coefficient (Wildman–Crippen LogP) is 1.53. The lowest BCUT2D eigenvalue weighted by Crippen LogP contribution is -2.47. The predicted molar refractivity (Wildman–Crippen MR) is 98.8 cm³/mol. The number of carbonyl (C=O) groups is 1. The van der Waals surface area contributed by atoms with Crippen LogP contribution in [0.25, 0.3) is 11.0 Å². The summed E-state index contributed by atoms with van der Waals surface area (Å²) in [6.45, 7) is 5.78. The quantitative estimate of drug-likeness (QED) is 0.812. The van der Waals surface area contributed by atoms with E-state index < -0.39 is 0 Å². The molecule has 1 aromatic carbocycles. The Morgan fingerprint density at radius 1 is 1.08 bits per heavy atom. The number of rotatable bonds is 5. The number of likely N-dealkylation sites (tertiary alicyclic amines) is 1. The third-order valence-electron chi connectivity index (χ3n) is 5.43. The van der Waals surface area contributed by atoms with E-state index in [1.165, 1.54) is 6.42 Å². The summed E-state index contributed by atoms with van der Waals surface area (Å²) in [6, 6.07) is 8.07. The Kier molecular flexibility index (Phi) is 5.45. The van der Waals surface area contributed by atoms with Gasteiger partial charge in [0.25, 0.3) is 0 Å². The molecular weight excluding hydrogens is 330 g/mol. The van der Waals surface area contributed by atoms with Crippen molar-refractivity contribution >= 4 is 16.9 Å². The highest BCUT2D eigenvalue weighted by atomic mass is 16.5. The van der Waals surface area contributed by atoms with Gasteiger partial charge in [0.2, 0.25) is 5.91 Å². The summed E-state index contributed by atoms with van der Waals surface area (Å²) < 4.78 is 5.42. The van der Waals surface area contributed by atoms with E-state index in [0.717, 1.165) is 69.7 Å². The minimum atomic E-state index is 0.136. The number of nitrogens with zero attached hydrogens (tertiary/aromatic N) is 5. The summed E-state index contributed by atoms with van der Waals surface area (Å²) in [7, 11) is 0. The van der Waals surface area contributed by atoms with Crippen LogP contribution >= 0.6 is 0 Å². The number of hydrogen-bond donors (Lipinski definition) is 0. The third kappa shape index (κ3) is 4.04. The standard InChI is InChI=1S/C19H27N5O2/c25-19(15-24-20-17-6-1-2-7-18(17)21-24)23-9-4-3-5-16(23)8-10-22-11-13-26-14-12-22/h1-2,6-7,16H,3-5,8-15H2. The zero-order valence-electron chi connectivity index (χ0n) is 15.2. The number of ether oxygens (including phenoxy) is 1. The Labute approximate surface area is 153 Å². The molecule has 1 atom stereocenters. The van der Waals surface area contributed by atoms with Crippen LogP contribution in [-0.2, 0) is 16.1 Å². The van der Waals surface area contributed by atoms with Crippen LogP contribution < -0.4 is 0 Å². The van der Waals surface area contributed by atoms with Crippen molar-refractivity contribution in [3.63, 3.8) is 0 Å². The fourth-order valence-electron chi connectivity index (χ4n) is 3.97. The van der Waals surface area contributed by atoms with Gasteiger partial charge in [-0.05, 0) is 37.8 Å². The van der Waals surface area contributed by atoms with Gasteiger partial charge in [0.1, 0.15) is 17.6 Å². The second-order valence-electron chi connectivity index (χ2n) is 7.20. The smallest absolute Gasteiger partial charge is 0.246 e. The Morgan fingerprint density at radius 3 is 2.54 bits per heavy atom. The second-order valence-corrected chi connectivity index (χ2v) is 7.20. The van der Waals surface area contributed by atoms with Crippen molar-refractivity contribution in [2.45, 2.75) is 38.3 Å². The van der Waals surface area contributed by atoms with Gasteiger partial charge in [-0.25, -0.2) is 0 Å². The first kappa shape index (κ1) is 17.4. The first-order chi connectivity index (χ1) is 12.8. The minimum Gasteiger partial charge on any atom is -0.379 e. The van der Waals surface area contributed by atoms with Crippen molar-refractivity contribution in [2.24, 2.45) is 0 Å². The van der Waals surface area contributed by atoms with Crippen LogP contribution in [0.3, 0.4) is 0 Å². The normalized spacial score (nSPS) is 22.0. The van der Waals surface area contributed by atoms with E-state index in [4.69, 9.17) is 4.74 Å². The highest BCUT2D eigenvalue weighted by Gasteiger charge is 2.27. The summed E-state index contributed by atoms with van der Waals surface area (Å²) in [5, 5.41) is 8.86. The number of morpholine rings is 1. The van der Waals surface area contributed by atoms with Crippen molar-refractivity contribution in [1.29, 1.82) is 0 Å². The van der Waals surface area contributed by atoms with E-state index in [-0.39, 0.29) is 12.5 Å². The molecule has 0 aliphatic carbocycles. The van der Waals surface area contributed by atoms with E-state index in [9.17, 15) is 4.79 Å². The summed E-state index contributed by atoms with van der Waals surface area (Å²) in [5.74, 6) is 0.136. The number of carbonyl (C=O) groups excluding carboxylic acids is 1. The first-order valence-electron chi connectivity index (χ1n) is 9.69. The van der Waals surface area contributed by atoms with Crippen molar-refractivity contribution in [3.05, 3.63) is 24.3 Å². The molecule has 1 amide bonds. The average Bonchev–Trinajstić information content (AvgIpc) is 3.09. The van der Waals surface area contributed by atoms with Gasteiger partial charge in [-0.3, -0.25) is 9.69 Å². The van der Waals surface area contributed by atoms with E-state index >= 15 is 0 Å². The Morgan fingerprint density at radius 2 is 1.81 bits per heavy atom. The molecule has 7 nitrogen and oxygen atoms in total. The molecule has 3 heterocycles. The number of hydrogen-bond acceptors (Lipinski definition) is 5. The zero-order valence-corrected chi connectivity index (χ0v) is 15.2. The fourth-order valence-corrected chi connectivity index (χ4v) is 3.97. The molecule has 1 aromatic heterocycles. The summed E-state index contributed by atoms with van der Waals surface area (Å²) in [5.41, 5.74) is 1.67. The van der Waals surface area contributed by atoms with Crippen LogP contribution in [0.4, 0.5) is 0 Å². The van der Waals surface area contributed by atoms with Gasteiger partial charge in [-0.15, -0.1) is 0 Å². The molecule has 1 unspecified atom stereocenters. The molecule has 4 rings (SSSR count). The minimum absolute atomic E-state index is 0.136. The monoisotopic (exact) mass is 357 g/mol. The number of fused-ring (bicyclic) bond motifs is 1. The lowest BCUT2D eigenvalue weighted by molar-refractivity contribution is -0.136. The van der Waals surface area contributed by atoms with Crippen molar-refractivity contribution in [2.75, 3.05) is 39.4 Å². The van der Waals surface area contributed by atoms with Gasteiger partial charge < -0.3 is 9.64 Å². The molecule has 2 aliphatic heterocycles. The molecule has 0 radical (unpaired) electrons. The molecule has 0 N–H and O–H groups in total. The number of benzene rings is 1. The first-order valence-corrected chi connectivity index (χ1v) is 9.69. The molecule has 26 heavy (non-hydrogen) atoms. The number of amides is 1. The molecule has 0 bridgehead atoms. The lowest BCUT2D eigenvalue weighted by Gasteiger charge is -2.37. The van der Waals surface area contributed by atoms with Gasteiger partial charge in [0.15, 0.2) is 0 Å². The van der Waals surface area contributed by atoms with Gasteiger partial charge in [-0.1, -0.05) is 12.1 Å². The molecule has 140 valence electrons. The van der Waals surface area contributed by atoms with E-state index in [1.807, 2.05) is 24.3 Å². The van der Waals surface area contributed by atoms with E-state index in [1.54, 1.807) is 4.80 Å². The number of piperidine rings is 1. The molecule has 2 fully saturated rings. The van der Waals surface area contributed by atoms with Crippen LogP contribution in [0.2, 0.25) is 0 Å². The SMILES string of the molecule is O=C(Cn1nc2ccccc2n1)N1CCCCC1CCN1CCOCC1. The summed E-state index contributed by atoms with van der Waals surface area (Å²) in [4.78, 5) is 19.0. The van der Waals surface area contributed by atoms with Gasteiger partial charge in [-0.2, -0.15) is 15.0 Å². The van der Waals surface area contributed by atoms with Crippen molar-refractivity contribution < 1.29 is 9.53 Å². The lowest BCUT2D eigenvalue weighted by atomic mass is 9.99. The highest BCUT2D eigenvalue weighted by molar-refractivity contribution is 5.77. The fraction of sp³-hybridized carbons (Fsp3) is 0.632. The molecule has 2 aromatic rings. The maximum atomic E-state index is 12.9. The van der Waals surface area contributed by atoms with Crippen LogP contribution in [0.15, 0.2) is 24.3 Å². The Bertz CT molecular complexity index is 707. The van der Waals surface area contributed by atoms with Crippen LogP contribution in [-0.4, -0.2) is 76.1 Å². The molecule has 2 saturated heterocycles. The zero-order chi connectivity index (χ0) is 17.8. The molecule has 0 spiro atoms. The van der Waals surface area contributed by atoms with Crippen LogP contribution in [0, 0.1) is 0 Å². The summed E-state index contributed by atoms with van der Waals surface area (Å²) >= 11 is 0. The van der Waals surface area contributed by atoms with Crippen LogP contribution in [0.5, 0.6) is 0 Å². The molecule has 7 heteroatoms. The maximum Gasteiger partial charge on any atom is 0.246 e. The molecular formula is C19H27N5O2. The third-order valence-corrected chi connectivity index (χ3v) is 5.43. The second kappa shape index (κ2) is 8.14. The highest BCUT2D eigenvalue weighted by Crippen LogP contribution is 2.21. The van der Waals surface area contributed by atoms with Gasteiger partial charge >= 0.3 is 0 Å². The number of aromatic nitrogens is 3. The van der Waals surface area contributed by atoms with Crippen molar-refractivity contribution in [1.82, 2.24) is 24.8 Å². The van der Waals surface area contributed by atoms with Gasteiger partial charge in [0, 0.05) is 32.2 Å². The summed E-state index contributed by atoms with van der Waals surface area (Å²) in [6.07, 6.45) is 4.45. The largest absolute Gasteiger partial charge is 0.379 e. The van der Waals surface area contributed by atoms with Gasteiger partial charge in [0.05, 0.1) is 13.2 Å². The maximum absolute atomic E-state index is 12.9. The van der Waals surface area contributed by atoms with E-state index in [2.05, 4.69) is 20.0 Å².